The highest BCUT2D eigenvalue weighted by atomic mass is 19.4. The Bertz CT molecular complexity index is 260. The first-order chi connectivity index (χ1) is 7.90. The minimum atomic E-state index is -4.30. The Kier molecular flexibility index (Phi) is 5.01. The molecule has 1 aliphatic rings. The molecule has 5 nitrogen and oxygen atoms in total. The summed E-state index contributed by atoms with van der Waals surface area (Å²) in [6, 6.07) is -0.285. The number of hydrogen-bond acceptors (Lipinski definition) is 3. The molecule has 1 rings (SSSR count). The molecule has 2 N–H and O–H groups in total. The van der Waals surface area contributed by atoms with E-state index < -0.39 is 12.8 Å². The van der Waals surface area contributed by atoms with Gasteiger partial charge in [-0.2, -0.15) is 13.2 Å². The molecule has 0 atom stereocenters. The molecule has 8 heteroatoms. The molecular weight excluding hydrogens is 239 g/mol. The van der Waals surface area contributed by atoms with Crippen molar-refractivity contribution < 1.29 is 22.7 Å². The number of amides is 2. The highest BCUT2D eigenvalue weighted by Crippen LogP contribution is 2.14. The molecule has 0 aliphatic carbocycles. The molecule has 1 heterocycles. The smallest absolute Gasteiger partial charge is 0.372 e. The lowest BCUT2D eigenvalue weighted by Crippen LogP contribution is -2.52. The average molecular weight is 255 g/mol. The van der Waals surface area contributed by atoms with Crippen LogP contribution in [0.4, 0.5) is 18.0 Å². The summed E-state index contributed by atoms with van der Waals surface area (Å²) >= 11 is 0. The summed E-state index contributed by atoms with van der Waals surface area (Å²) < 4.78 is 39.7. The first kappa shape index (κ1) is 14.0. The van der Waals surface area contributed by atoms with Gasteiger partial charge in [-0.3, -0.25) is 5.01 Å². The molecule has 1 fully saturated rings. The largest absolute Gasteiger partial charge is 0.411 e. The lowest BCUT2D eigenvalue weighted by Gasteiger charge is -2.32. The van der Waals surface area contributed by atoms with Crippen molar-refractivity contribution in [3.8, 4) is 0 Å². The Morgan fingerprint density at radius 2 is 2.06 bits per heavy atom. The SMILES string of the molecule is NN1CCCN(CCCOCC(F)(F)F)C1=O. The summed E-state index contributed by atoms with van der Waals surface area (Å²) in [6.07, 6.45) is -3.16. The third-order valence-corrected chi connectivity index (χ3v) is 2.33. The summed E-state index contributed by atoms with van der Waals surface area (Å²) in [5.41, 5.74) is 0. The lowest BCUT2D eigenvalue weighted by molar-refractivity contribution is -0.174. The highest BCUT2D eigenvalue weighted by molar-refractivity contribution is 5.74. The minimum Gasteiger partial charge on any atom is -0.372 e. The summed E-state index contributed by atoms with van der Waals surface area (Å²) in [7, 11) is 0. The van der Waals surface area contributed by atoms with Crippen molar-refractivity contribution in [2.45, 2.75) is 19.0 Å². The van der Waals surface area contributed by atoms with Crippen LogP contribution in [-0.4, -0.2) is 55.0 Å². The maximum atomic E-state index is 11.7. The van der Waals surface area contributed by atoms with Crippen molar-refractivity contribution in [3.63, 3.8) is 0 Å². The lowest BCUT2D eigenvalue weighted by atomic mass is 10.3. The van der Waals surface area contributed by atoms with Crippen LogP contribution < -0.4 is 5.84 Å². The zero-order valence-corrected chi connectivity index (χ0v) is 9.37. The van der Waals surface area contributed by atoms with Gasteiger partial charge in [0.25, 0.3) is 0 Å². The van der Waals surface area contributed by atoms with Crippen LogP contribution in [0.3, 0.4) is 0 Å². The van der Waals surface area contributed by atoms with E-state index in [1.165, 1.54) is 4.90 Å². The Morgan fingerprint density at radius 1 is 1.35 bits per heavy atom. The molecule has 0 spiro atoms. The van der Waals surface area contributed by atoms with Crippen molar-refractivity contribution in [2.75, 3.05) is 32.8 Å². The van der Waals surface area contributed by atoms with Gasteiger partial charge in [0.15, 0.2) is 0 Å². The standard InChI is InChI=1S/C9H16F3N3O2/c10-9(11,12)7-17-6-2-4-14-3-1-5-15(13)8(14)16/h1-7,13H2. The fourth-order valence-corrected chi connectivity index (χ4v) is 1.56. The fraction of sp³-hybridized carbons (Fsp3) is 0.889. The Hall–Kier alpha value is -1.02. The van der Waals surface area contributed by atoms with Crippen LogP contribution in [0.1, 0.15) is 12.8 Å². The molecule has 0 radical (unpaired) electrons. The highest BCUT2D eigenvalue weighted by Gasteiger charge is 2.27. The fourth-order valence-electron chi connectivity index (χ4n) is 1.56. The number of alkyl halides is 3. The van der Waals surface area contributed by atoms with Gasteiger partial charge in [0.2, 0.25) is 0 Å². The van der Waals surface area contributed by atoms with Crippen LogP contribution in [0, 0.1) is 0 Å². The predicted octanol–water partition coefficient (Wildman–Crippen LogP) is 0.957. The van der Waals surface area contributed by atoms with E-state index in [4.69, 9.17) is 5.84 Å². The molecular formula is C9H16F3N3O2. The molecule has 1 saturated heterocycles. The van der Waals surface area contributed by atoms with E-state index in [0.29, 0.717) is 26.1 Å². The van der Waals surface area contributed by atoms with E-state index in [1.807, 2.05) is 0 Å². The summed E-state index contributed by atoms with van der Waals surface area (Å²) in [4.78, 5) is 13.0. The topological polar surface area (TPSA) is 58.8 Å². The van der Waals surface area contributed by atoms with Gasteiger partial charge >= 0.3 is 12.2 Å². The second kappa shape index (κ2) is 6.06. The number of carbonyl (C=O) groups excluding carboxylic acids is 1. The van der Waals surface area contributed by atoms with E-state index in [2.05, 4.69) is 4.74 Å². The molecule has 100 valence electrons. The molecule has 0 aromatic carbocycles. The van der Waals surface area contributed by atoms with Crippen molar-refractivity contribution in [1.82, 2.24) is 9.91 Å². The Balaban J connectivity index is 2.12. The number of hydrogen-bond donors (Lipinski definition) is 1. The number of hydrazine groups is 1. The van der Waals surface area contributed by atoms with Gasteiger partial charge in [-0.25, -0.2) is 10.6 Å². The van der Waals surface area contributed by atoms with Crippen LogP contribution in [0.2, 0.25) is 0 Å². The zero-order valence-electron chi connectivity index (χ0n) is 9.37. The number of halogens is 3. The van der Waals surface area contributed by atoms with Gasteiger partial charge in [-0.05, 0) is 12.8 Å². The summed E-state index contributed by atoms with van der Waals surface area (Å²) in [6.45, 7) is 0.202. The molecule has 0 aromatic heterocycles. The van der Waals surface area contributed by atoms with Gasteiger partial charge in [0.1, 0.15) is 6.61 Å². The van der Waals surface area contributed by atoms with E-state index in [0.717, 1.165) is 11.4 Å². The van der Waals surface area contributed by atoms with Crippen LogP contribution in [0.25, 0.3) is 0 Å². The monoisotopic (exact) mass is 255 g/mol. The number of nitrogens with two attached hydrogens (primary N) is 1. The molecule has 1 aliphatic heterocycles. The molecule has 17 heavy (non-hydrogen) atoms. The van der Waals surface area contributed by atoms with E-state index in [-0.39, 0.29) is 12.6 Å². The van der Waals surface area contributed by atoms with Crippen molar-refractivity contribution in [1.29, 1.82) is 0 Å². The number of urea groups is 1. The van der Waals surface area contributed by atoms with E-state index in [1.54, 1.807) is 0 Å². The third-order valence-electron chi connectivity index (χ3n) is 2.33. The maximum absolute atomic E-state index is 11.7. The van der Waals surface area contributed by atoms with Gasteiger partial charge in [0.05, 0.1) is 0 Å². The second-order valence-electron chi connectivity index (χ2n) is 3.84. The first-order valence-electron chi connectivity index (χ1n) is 5.36. The van der Waals surface area contributed by atoms with Crippen molar-refractivity contribution in [2.24, 2.45) is 5.84 Å². The zero-order chi connectivity index (χ0) is 12.9. The third kappa shape index (κ3) is 5.22. The van der Waals surface area contributed by atoms with Crippen molar-refractivity contribution >= 4 is 6.03 Å². The van der Waals surface area contributed by atoms with Gasteiger partial charge < -0.3 is 9.64 Å². The maximum Gasteiger partial charge on any atom is 0.411 e. The van der Waals surface area contributed by atoms with Crippen LogP contribution in [0.5, 0.6) is 0 Å². The normalized spacial score (nSPS) is 17.8. The Morgan fingerprint density at radius 3 is 2.71 bits per heavy atom. The number of nitrogens with zero attached hydrogens (tertiary/aromatic N) is 2. The van der Waals surface area contributed by atoms with Gasteiger partial charge in [-0.15, -0.1) is 0 Å². The second-order valence-corrected chi connectivity index (χ2v) is 3.84. The number of rotatable bonds is 5. The molecule has 2 amide bonds. The predicted molar refractivity (Wildman–Crippen MR) is 54.0 cm³/mol. The molecule has 0 bridgehead atoms. The van der Waals surface area contributed by atoms with Gasteiger partial charge in [-0.1, -0.05) is 0 Å². The first-order valence-corrected chi connectivity index (χ1v) is 5.36. The molecule has 0 aromatic rings. The molecule has 0 saturated carbocycles. The average Bonchev–Trinajstić information content (AvgIpc) is 2.22. The van der Waals surface area contributed by atoms with E-state index in [9.17, 15) is 18.0 Å². The summed E-state index contributed by atoms with van der Waals surface area (Å²) in [5.74, 6) is 5.42. The number of ether oxygens (including phenoxy) is 1. The minimum absolute atomic E-state index is 0.0200. The van der Waals surface area contributed by atoms with Crippen molar-refractivity contribution in [3.05, 3.63) is 0 Å². The van der Waals surface area contributed by atoms with Crippen LogP contribution in [0.15, 0.2) is 0 Å². The van der Waals surface area contributed by atoms with Crippen LogP contribution >= 0.6 is 0 Å². The van der Waals surface area contributed by atoms with Crippen LogP contribution in [-0.2, 0) is 4.74 Å². The Labute approximate surface area is 97.3 Å². The quantitative estimate of drug-likeness (QED) is 0.452. The van der Waals surface area contributed by atoms with Gasteiger partial charge in [0, 0.05) is 26.2 Å². The summed E-state index contributed by atoms with van der Waals surface area (Å²) in [5, 5.41) is 1.11. The molecule has 0 unspecified atom stereocenters. The number of carbonyl (C=O) groups is 1. The van der Waals surface area contributed by atoms with E-state index >= 15 is 0 Å².